The molecule has 0 saturated carbocycles. The molecule has 1 aliphatic heterocycles. The van der Waals surface area contributed by atoms with E-state index in [0.717, 1.165) is 6.42 Å². The Morgan fingerprint density at radius 2 is 2.25 bits per heavy atom. The fraction of sp³-hybridized carbons (Fsp3) is 0.750. The van der Waals surface area contributed by atoms with Crippen molar-refractivity contribution < 1.29 is 19.3 Å². The highest BCUT2D eigenvalue weighted by Crippen LogP contribution is 2.43. The number of carbonyl (C=O) groups excluding carboxylic acids is 1. The zero-order valence-corrected chi connectivity index (χ0v) is 10.1. The first-order valence-corrected chi connectivity index (χ1v) is 5.59. The lowest BCUT2D eigenvalue weighted by molar-refractivity contribution is -0.325. The molecule has 1 fully saturated rings. The van der Waals surface area contributed by atoms with E-state index in [-0.39, 0.29) is 29.7 Å². The summed E-state index contributed by atoms with van der Waals surface area (Å²) in [6.45, 7) is 7.46. The summed E-state index contributed by atoms with van der Waals surface area (Å²) in [5.74, 6) is -0.0511. The molecule has 1 saturated heterocycles. The van der Waals surface area contributed by atoms with Crippen LogP contribution in [0, 0.1) is 5.92 Å². The SMILES string of the molecule is CC(=O)OC1C=C(C)CC2C1OOC2(C)C. The van der Waals surface area contributed by atoms with Crippen LogP contribution in [0.1, 0.15) is 34.1 Å². The lowest BCUT2D eigenvalue weighted by Gasteiger charge is -2.32. The molecule has 0 aromatic heterocycles. The third-order valence-electron chi connectivity index (χ3n) is 3.28. The lowest BCUT2D eigenvalue weighted by Crippen LogP contribution is -2.42. The van der Waals surface area contributed by atoms with Gasteiger partial charge in [0.05, 0.1) is 0 Å². The van der Waals surface area contributed by atoms with Crippen molar-refractivity contribution in [1.29, 1.82) is 0 Å². The van der Waals surface area contributed by atoms with Crippen molar-refractivity contribution in [3.63, 3.8) is 0 Å². The summed E-state index contributed by atoms with van der Waals surface area (Å²) in [4.78, 5) is 21.7. The van der Waals surface area contributed by atoms with Gasteiger partial charge in [-0.2, -0.15) is 0 Å². The van der Waals surface area contributed by atoms with Crippen LogP contribution in [0.15, 0.2) is 11.6 Å². The van der Waals surface area contributed by atoms with Gasteiger partial charge in [-0.05, 0) is 33.3 Å². The molecule has 0 aromatic rings. The summed E-state index contributed by atoms with van der Waals surface area (Å²) >= 11 is 0. The molecule has 1 heterocycles. The van der Waals surface area contributed by atoms with Crippen LogP contribution in [0.5, 0.6) is 0 Å². The molecule has 0 spiro atoms. The molecule has 0 bridgehead atoms. The summed E-state index contributed by atoms with van der Waals surface area (Å²) in [5, 5.41) is 0. The average Bonchev–Trinajstić information content (AvgIpc) is 2.42. The smallest absolute Gasteiger partial charge is 0.303 e. The van der Waals surface area contributed by atoms with E-state index in [2.05, 4.69) is 0 Å². The van der Waals surface area contributed by atoms with Crippen LogP contribution in [0.4, 0.5) is 0 Å². The fourth-order valence-electron chi connectivity index (χ4n) is 2.43. The first-order chi connectivity index (χ1) is 7.40. The number of esters is 1. The Bertz CT molecular complexity index is 332. The number of ether oxygens (including phenoxy) is 1. The summed E-state index contributed by atoms with van der Waals surface area (Å²) in [6, 6.07) is 0. The van der Waals surface area contributed by atoms with Crippen molar-refractivity contribution >= 4 is 5.97 Å². The van der Waals surface area contributed by atoms with Crippen molar-refractivity contribution in [2.45, 2.75) is 51.9 Å². The second kappa shape index (κ2) is 3.86. The summed E-state index contributed by atoms with van der Waals surface area (Å²) in [6.07, 6.45) is 2.38. The Morgan fingerprint density at radius 3 is 2.88 bits per heavy atom. The van der Waals surface area contributed by atoms with Crippen molar-refractivity contribution in [1.82, 2.24) is 0 Å². The zero-order chi connectivity index (χ0) is 11.9. The molecular formula is C12H18O4. The van der Waals surface area contributed by atoms with Gasteiger partial charge in [-0.25, -0.2) is 9.78 Å². The molecule has 4 nitrogen and oxygen atoms in total. The molecule has 2 aliphatic rings. The van der Waals surface area contributed by atoms with E-state index in [1.54, 1.807) is 0 Å². The van der Waals surface area contributed by atoms with Crippen molar-refractivity contribution in [2.24, 2.45) is 5.92 Å². The molecule has 0 N–H and O–H groups in total. The monoisotopic (exact) mass is 226 g/mol. The summed E-state index contributed by atoms with van der Waals surface area (Å²) in [7, 11) is 0. The van der Waals surface area contributed by atoms with Crippen LogP contribution in [-0.4, -0.2) is 23.8 Å². The van der Waals surface area contributed by atoms with Gasteiger partial charge in [0, 0.05) is 12.8 Å². The van der Waals surface area contributed by atoms with Crippen molar-refractivity contribution in [3.05, 3.63) is 11.6 Å². The molecule has 3 unspecified atom stereocenters. The van der Waals surface area contributed by atoms with Crippen LogP contribution in [0.2, 0.25) is 0 Å². The topological polar surface area (TPSA) is 44.8 Å². The zero-order valence-electron chi connectivity index (χ0n) is 10.1. The highest BCUT2D eigenvalue weighted by Gasteiger charge is 2.51. The minimum Gasteiger partial charge on any atom is -0.455 e. The predicted octanol–water partition coefficient (Wildman–Crippen LogP) is 1.99. The first kappa shape index (κ1) is 11.6. The van der Waals surface area contributed by atoms with Gasteiger partial charge < -0.3 is 4.74 Å². The van der Waals surface area contributed by atoms with Gasteiger partial charge in [0.2, 0.25) is 0 Å². The number of allylic oxidation sites excluding steroid dienone is 1. The standard InChI is InChI=1S/C12H18O4/c1-7-5-9-11(15-16-12(9,3)4)10(6-7)14-8(2)13/h6,9-11H,5H2,1-4H3. The van der Waals surface area contributed by atoms with Gasteiger partial charge in [-0.1, -0.05) is 5.57 Å². The van der Waals surface area contributed by atoms with E-state index in [4.69, 9.17) is 14.5 Å². The molecule has 3 atom stereocenters. The van der Waals surface area contributed by atoms with Crippen LogP contribution in [-0.2, 0) is 19.3 Å². The molecule has 1 aliphatic carbocycles. The second-order valence-electron chi connectivity index (χ2n) is 5.15. The van der Waals surface area contributed by atoms with E-state index in [9.17, 15) is 4.79 Å². The van der Waals surface area contributed by atoms with Crippen LogP contribution >= 0.6 is 0 Å². The van der Waals surface area contributed by atoms with Crippen LogP contribution in [0.3, 0.4) is 0 Å². The third-order valence-corrected chi connectivity index (χ3v) is 3.28. The number of carbonyl (C=O) groups is 1. The number of rotatable bonds is 1. The second-order valence-corrected chi connectivity index (χ2v) is 5.15. The Balaban J connectivity index is 2.21. The van der Waals surface area contributed by atoms with Gasteiger partial charge in [-0.15, -0.1) is 0 Å². The Morgan fingerprint density at radius 1 is 1.56 bits per heavy atom. The molecular weight excluding hydrogens is 208 g/mol. The van der Waals surface area contributed by atoms with Gasteiger partial charge in [-0.3, -0.25) is 4.79 Å². The van der Waals surface area contributed by atoms with E-state index in [0.29, 0.717) is 0 Å². The van der Waals surface area contributed by atoms with Crippen molar-refractivity contribution in [3.8, 4) is 0 Å². The maximum Gasteiger partial charge on any atom is 0.303 e. The highest BCUT2D eigenvalue weighted by atomic mass is 17.2. The average molecular weight is 226 g/mol. The largest absolute Gasteiger partial charge is 0.455 e. The maximum atomic E-state index is 11.0. The molecule has 16 heavy (non-hydrogen) atoms. The summed E-state index contributed by atoms with van der Waals surface area (Å²) < 4.78 is 5.25. The van der Waals surface area contributed by atoms with Gasteiger partial charge in [0.1, 0.15) is 17.8 Å². The normalized spacial score (nSPS) is 36.5. The fourth-order valence-corrected chi connectivity index (χ4v) is 2.43. The van der Waals surface area contributed by atoms with Gasteiger partial charge in [0.15, 0.2) is 0 Å². The lowest BCUT2D eigenvalue weighted by atomic mass is 9.76. The number of hydrogen-bond acceptors (Lipinski definition) is 4. The quantitative estimate of drug-likeness (QED) is 0.389. The van der Waals surface area contributed by atoms with Gasteiger partial charge >= 0.3 is 5.97 Å². The minimum atomic E-state index is -0.321. The van der Waals surface area contributed by atoms with Crippen LogP contribution < -0.4 is 0 Å². The Hall–Kier alpha value is -0.870. The molecule has 90 valence electrons. The third kappa shape index (κ3) is 1.99. The maximum absolute atomic E-state index is 11.0. The number of fused-ring (bicyclic) bond motifs is 1. The van der Waals surface area contributed by atoms with E-state index >= 15 is 0 Å². The molecule has 0 aromatic carbocycles. The molecule has 0 amide bonds. The Kier molecular flexibility index (Phi) is 2.80. The summed E-state index contributed by atoms with van der Waals surface area (Å²) in [5.41, 5.74) is 0.896. The van der Waals surface area contributed by atoms with Crippen LogP contribution in [0.25, 0.3) is 0 Å². The molecule has 4 heteroatoms. The van der Waals surface area contributed by atoms with E-state index in [1.807, 2.05) is 26.8 Å². The first-order valence-electron chi connectivity index (χ1n) is 5.59. The molecule has 2 rings (SSSR count). The highest BCUT2D eigenvalue weighted by molar-refractivity contribution is 5.66. The minimum absolute atomic E-state index is 0.178. The van der Waals surface area contributed by atoms with E-state index < -0.39 is 0 Å². The number of hydrogen-bond donors (Lipinski definition) is 0. The van der Waals surface area contributed by atoms with Crippen molar-refractivity contribution in [2.75, 3.05) is 0 Å². The Labute approximate surface area is 95.5 Å². The predicted molar refractivity (Wildman–Crippen MR) is 57.5 cm³/mol. The van der Waals surface area contributed by atoms with E-state index in [1.165, 1.54) is 12.5 Å². The molecule has 0 radical (unpaired) electrons. The van der Waals surface area contributed by atoms with Gasteiger partial charge in [0.25, 0.3) is 0 Å².